The van der Waals surface area contributed by atoms with Crippen molar-refractivity contribution in [1.82, 2.24) is 0 Å². The van der Waals surface area contributed by atoms with Gasteiger partial charge >= 0.3 is 0 Å². The van der Waals surface area contributed by atoms with Gasteiger partial charge in [-0.3, -0.25) is 0 Å². The lowest BCUT2D eigenvalue weighted by Gasteiger charge is -1.90. The number of hydrogen-bond acceptors (Lipinski definition) is 1. The Kier molecular flexibility index (Phi) is 3.47. The molecule has 0 aromatic rings. The van der Waals surface area contributed by atoms with Gasteiger partial charge < -0.3 is 5.11 Å². The second-order valence-corrected chi connectivity index (χ2v) is 5.33. The molecule has 0 saturated carbocycles. The molecule has 3 heteroatoms. The third-order valence-electron chi connectivity index (χ3n) is 0.162. The highest BCUT2D eigenvalue weighted by molar-refractivity contribution is 9.48. The SMILES string of the molecule is C[S+](Br)C[O-]. The van der Waals surface area contributed by atoms with Crippen molar-refractivity contribution >= 4 is 24.1 Å². The molecule has 0 aromatic carbocycles. The maximum Gasteiger partial charge on any atom is 0.230 e. The highest BCUT2D eigenvalue weighted by Crippen LogP contribution is 1.94. The summed E-state index contributed by atoms with van der Waals surface area (Å²) in [6.45, 7) is 0. The van der Waals surface area contributed by atoms with Crippen molar-refractivity contribution in [2.75, 3.05) is 12.2 Å². The molecule has 0 bridgehead atoms. The largest absolute Gasteiger partial charge is 0.813 e. The Morgan fingerprint density at radius 3 is 2.20 bits per heavy atom. The fourth-order valence-electron chi connectivity index (χ4n) is 0. The number of rotatable bonds is 1. The number of halogens is 1. The summed E-state index contributed by atoms with van der Waals surface area (Å²) in [6, 6.07) is 0. The van der Waals surface area contributed by atoms with Crippen LogP contribution in [0.15, 0.2) is 0 Å². The molecule has 0 rings (SSSR count). The zero-order chi connectivity index (χ0) is 4.28. The van der Waals surface area contributed by atoms with E-state index in [4.69, 9.17) is 0 Å². The van der Waals surface area contributed by atoms with Gasteiger partial charge in [0.15, 0.2) is 0 Å². The van der Waals surface area contributed by atoms with Gasteiger partial charge in [0.1, 0.15) is 6.26 Å². The highest BCUT2D eigenvalue weighted by atomic mass is 79.9. The minimum absolute atomic E-state index is 0. The molecule has 0 amide bonds. The quantitative estimate of drug-likeness (QED) is 0.486. The molecule has 0 aromatic heterocycles. The van der Waals surface area contributed by atoms with E-state index in [1.807, 2.05) is 6.26 Å². The highest BCUT2D eigenvalue weighted by Gasteiger charge is 1.89. The molecule has 0 aliphatic heterocycles. The van der Waals surface area contributed by atoms with Crippen LogP contribution in [0.25, 0.3) is 0 Å². The molecule has 32 valence electrons. The zero-order valence-corrected chi connectivity index (χ0v) is 5.30. The van der Waals surface area contributed by atoms with Crippen LogP contribution in [0.2, 0.25) is 0 Å². The Balaban J connectivity index is 2.54. The van der Waals surface area contributed by atoms with E-state index in [-0.39, 0.29) is 15.3 Å². The molecular formula is C2H5BrOS. The van der Waals surface area contributed by atoms with E-state index in [2.05, 4.69) is 14.8 Å². The third-order valence-corrected chi connectivity index (χ3v) is 1.05. The summed E-state index contributed by atoms with van der Waals surface area (Å²) >= 11 is 3.09. The lowest BCUT2D eigenvalue weighted by atomic mass is 11.7. The van der Waals surface area contributed by atoms with E-state index < -0.39 is 0 Å². The van der Waals surface area contributed by atoms with E-state index in [0.717, 1.165) is 0 Å². The van der Waals surface area contributed by atoms with Crippen LogP contribution in [0.4, 0.5) is 0 Å². The van der Waals surface area contributed by atoms with Gasteiger partial charge in [-0.1, -0.05) is 0 Å². The van der Waals surface area contributed by atoms with Crippen molar-refractivity contribution < 1.29 is 5.11 Å². The molecule has 0 aliphatic rings. The summed E-state index contributed by atoms with van der Waals surface area (Å²) in [7, 11) is -0.0656. The van der Waals surface area contributed by atoms with Crippen molar-refractivity contribution in [1.29, 1.82) is 0 Å². The first-order valence-corrected chi connectivity index (χ1v) is 4.78. The molecule has 1 atom stereocenters. The van der Waals surface area contributed by atoms with Crippen molar-refractivity contribution in [2.24, 2.45) is 0 Å². The van der Waals surface area contributed by atoms with Crippen molar-refractivity contribution in [2.45, 2.75) is 0 Å². The topological polar surface area (TPSA) is 23.1 Å². The molecule has 0 radical (unpaired) electrons. The Morgan fingerprint density at radius 1 is 2.00 bits per heavy atom. The molecule has 0 saturated heterocycles. The van der Waals surface area contributed by atoms with Gasteiger partial charge in [-0.15, -0.1) is 0 Å². The smallest absolute Gasteiger partial charge is 0.230 e. The van der Waals surface area contributed by atoms with Crippen molar-refractivity contribution in [3.8, 4) is 0 Å². The Bertz CT molecular complexity index is 23.6. The summed E-state index contributed by atoms with van der Waals surface area (Å²) < 4.78 is 0. The van der Waals surface area contributed by atoms with Gasteiger partial charge in [-0.05, 0) is 0 Å². The molecular weight excluding hydrogens is 152 g/mol. The molecule has 0 heterocycles. The summed E-state index contributed by atoms with van der Waals surface area (Å²) in [5.41, 5.74) is 0. The van der Waals surface area contributed by atoms with E-state index >= 15 is 0 Å². The maximum absolute atomic E-state index is 9.60. The van der Waals surface area contributed by atoms with Gasteiger partial charge in [-0.2, -0.15) is 0 Å². The fourth-order valence-corrected chi connectivity index (χ4v) is 0. The van der Waals surface area contributed by atoms with Crippen LogP contribution in [0.3, 0.4) is 0 Å². The molecule has 0 spiro atoms. The zero-order valence-electron chi connectivity index (χ0n) is 2.90. The predicted molar refractivity (Wildman–Crippen MR) is 27.1 cm³/mol. The second-order valence-electron chi connectivity index (χ2n) is 0.670. The van der Waals surface area contributed by atoms with Gasteiger partial charge in [0.25, 0.3) is 0 Å². The van der Waals surface area contributed by atoms with Crippen LogP contribution in [-0.4, -0.2) is 12.2 Å². The van der Waals surface area contributed by atoms with Crippen LogP contribution in [0.5, 0.6) is 0 Å². The van der Waals surface area contributed by atoms with Crippen LogP contribution >= 0.6 is 14.8 Å². The summed E-state index contributed by atoms with van der Waals surface area (Å²) in [5, 5.41) is 9.60. The van der Waals surface area contributed by atoms with Gasteiger partial charge in [0, 0.05) is 9.33 Å². The monoisotopic (exact) mass is 156 g/mol. The number of hydrogen-bond donors (Lipinski definition) is 0. The Labute approximate surface area is 41.9 Å². The standard InChI is InChI=1S/C2H5BrOS/c1-5(3)2-4/h2H2,1H3. The summed E-state index contributed by atoms with van der Waals surface area (Å²) in [5.74, 6) is 0. The van der Waals surface area contributed by atoms with Gasteiger partial charge in [0.2, 0.25) is 14.8 Å². The van der Waals surface area contributed by atoms with Crippen LogP contribution in [-0.2, 0) is 9.33 Å². The fraction of sp³-hybridized carbons (Fsp3) is 1.00. The van der Waals surface area contributed by atoms with Crippen LogP contribution < -0.4 is 5.11 Å². The summed E-state index contributed by atoms with van der Waals surface area (Å²) in [4.78, 5) is 0. The van der Waals surface area contributed by atoms with E-state index in [1.165, 1.54) is 0 Å². The minimum Gasteiger partial charge on any atom is -0.813 e. The first-order valence-electron chi connectivity index (χ1n) is 1.14. The van der Waals surface area contributed by atoms with Crippen LogP contribution in [0, 0.1) is 0 Å². The summed E-state index contributed by atoms with van der Waals surface area (Å²) in [6.07, 6.45) is 1.85. The van der Waals surface area contributed by atoms with E-state index in [0.29, 0.717) is 0 Å². The molecule has 1 nitrogen and oxygen atoms in total. The average molecular weight is 157 g/mol. The predicted octanol–water partition coefficient (Wildman–Crippen LogP) is -0.138. The normalized spacial score (nSPS) is 15.0. The lowest BCUT2D eigenvalue weighted by molar-refractivity contribution is -0.338. The molecule has 0 aliphatic carbocycles. The van der Waals surface area contributed by atoms with Crippen molar-refractivity contribution in [3.63, 3.8) is 0 Å². The molecule has 0 fully saturated rings. The first kappa shape index (κ1) is 5.79. The average Bonchev–Trinajstić information content (AvgIpc) is 1.38. The molecule has 5 heavy (non-hydrogen) atoms. The van der Waals surface area contributed by atoms with Gasteiger partial charge in [0.05, 0.1) is 5.94 Å². The molecule has 0 N–H and O–H groups in total. The second kappa shape index (κ2) is 3.00. The Morgan fingerprint density at radius 2 is 2.20 bits per heavy atom. The lowest BCUT2D eigenvalue weighted by Crippen LogP contribution is -2.10. The van der Waals surface area contributed by atoms with E-state index in [1.54, 1.807) is 0 Å². The first-order chi connectivity index (χ1) is 2.27. The third kappa shape index (κ3) is 4.79. The van der Waals surface area contributed by atoms with Crippen molar-refractivity contribution in [3.05, 3.63) is 0 Å². The van der Waals surface area contributed by atoms with E-state index in [9.17, 15) is 5.11 Å². The Hall–Kier alpha value is 0.790. The van der Waals surface area contributed by atoms with Gasteiger partial charge in [-0.25, -0.2) is 0 Å². The van der Waals surface area contributed by atoms with Crippen LogP contribution in [0.1, 0.15) is 0 Å². The molecule has 1 unspecified atom stereocenters. The minimum atomic E-state index is -0.0656. The maximum atomic E-state index is 9.60.